The van der Waals surface area contributed by atoms with Crippen molar-refractivity contribution >= 4 is 17.5 Å². The molecule has 0 saturated heterocycles. The van der Waals surface area contributed by atoms with Crippen molar-refractivity contribution in [3.05, 3.63) is 30.2 Å². The Morgan fingerprint density at radius 2 is 1.79 bits per heavy atom. The zero-order valence-electron chi connectivity index (χ0n) is 12.1. The molecule has 1 aromatic carbocycles. The Labute approximate surface area is 133 Å². The second kappa shape index (κ2) is 5.95. The molecule has 1 heterocycles. The first-order valence-electron chi connectivity index (χ1n) is 6.96. The molecule has 0 unspecified atom stereocenters. The number of nitrogens with one attached hydrogen (secondary N) is 2. The SMILES string of the molecule is O=C(Nc1ccc(-c2noc(C(F)(F)F)n2)cc1)C(=O)NC1CC1. The number of hydrogen-bond donors (Lipinski definition) is 2. The third-order valence-corrected chi connectivity index (χ3v) is 3.19. The lowest BCUT2D eigenvalue weighted by atomic mass is 10.2. The number of carbonyl (C=O) groups is 2. The number of amides is 2. The van der Waals surface area contributed by atoms with Crippen molar-refractivity contribution in [3.8, 4) is 11.4 Å². The molecule has 1 aliphatic rings. The van der Waals surface area contributed by atoms with Crippen molar-refractivity contribution in [1.29, 1.82) is 0 Å². The maximum atomic E-state index is 12.4. The summed E-state index contributed by atoms with van der Waals surface area (Å²) in [6, 6.07) is 5.70. The molecule has 2 amide bonds. The smallest absolute Gasteiger partial charge is 0.345 e. The molecule has 2 N–H and O–H groups in total. The molecule has 0 aliphatic heterocycles. The molecule has 3 rings (SSSR count). The molecule has 0 spiro atoms. The summed E-state index contributed by atoms with van der Waals surface area (Å²) in [4.78, 5) is 26.4. The summed E-state index contributed by atoms with van der Waals surface area (Å²) in [6.45, 7) is 0. The van der Waals surface area contributed by atoms with Crippen LogP contribution in [0.4, 0.5) is 18.9 Å². The van der Waals surface area contributed by atoms with E-state index < -0.39 is 23.9 Å². The Bertz CT molecular complexity index is 766. The second-order valence-electron chi connectivity index (χ2n) is 5.20. The van der Waals surface area contributed by atoms with Gasteiger partial charge in [0.25, 0.3) is 0 Å². The Kier molecular flexibility index (Phi) is 3.96. The summed E-state index contributed by atoms with van der Waals surface area (Å²) >= 11 is 0. The van der Waals surface area contributed by atoms with E-state index >= 15 is 0 Å². The van der Waals surface area contributed by atoms with Crippen LogP contribution in [0.3, 0.4) is 0 Å². The average molecular weight is 340 g/mol. The number of alkyl halides is 3. The molecule has 24 heavy (non-hydrogen) atoms. The van der Waals surface area contributed by atoms with Crippen molar-refractivity contribution in [2.45, 2.75) is 25.1 Å². The summed E-state index contributed by atoms with van der Waals surface area (Å²) in [6.07, 6.45) is -3.00. The van der Waals surface area contributed by atoms with Crippen LogP contribution < -0.4 is 10.6 Å². The summed E-state index contributed by atoms with van der Waals surface area (Å²) in [7, 11) is 0. The molecule has 1 aromatic heterocycles. The van der Waals surface area contributed by atoms with Crippen LogP contribution >= 0.6 is 0 Å². The number of carbonyl (C=O) groups excluding carboxylic acids is 2. The minimum absolute atomic E-state index is 0.0618. The molecule has 1 saturated carbocycles. The number of nitrogens with zero attached hydrogens (tertiary/aromatic N) is 2. The molecule has 0 bridgehead atoms. The van der Waals surface area contributed by atoms with E-state index in [1.165, 1.54) is 24.3 Å². The predicted molar refractivity (Wildman–Crippen MR) is 74.5 cm³/mol. The van der Waals surface area contributed by atoms with Gasteiger partial charge < -0.3 is 15.2 Å². The molecule has 0 atom stereocenters. The van der Waals surface area contributed by atoms with Gasteiger partial charge in [0.05, 0.1) is 0 Å². The maximum absolute atomic E-state index is 12.4. The molecule has 10 heteroatoms. The molecular weight excluding hydrogens is 329 g/mol. The van der Waals surface area contributed by atoms with E-state index in [2.05, 4.69) is 25.3 Å². The largest absolute Gasteiger partial charge is 0.471 e. The molecule has 0 radical (unpaired) electrons. The highest BCUT2D eigenvalue weighted by atomic mass is 19.4. The second-order valence-corrected chi connectivity index (χ2v) is 5.20. The lowest BCUT2D eigenvalue weighted by molar-refractivity contribution is -0.159. The van der Waals surface area contributed by atoms with Crippen LogP contribution in [0.15, 0.2) is 28.8 Å². The van der Waals surface area contributed by atoms with Crippen molar-refractivity contribution in [2.24, 2.45) is 0 Å². The fourth-order valence-corrected chi connectivity index (χ4v) is 1.82. The third-order valence-electron chi connectivity index (χ3n) is 3.19. The van der Waals surface area contributed by atoms with Gasteiger partial charge in [-0.25, -0.2) is 0 Å². The normalized spacial score (nSPS) is 14.3. The van der Waals surface area contributed by atoms with E-state index in [0.717, 1.165) is 12.8 Å². The molecule has 1 fully saturated rings. The number of hydrogen-bond acceptors (Lipinski definition) is 5. The van der Waals surface area contributed by atoms with Crippen molar-refractivity contribution in [1.82, 2.24) is 15.5 Å². The van der Waals surface area contributed by atoms with E-state index in [1.54, 1.807) is 0 Å². The number of anilines is 1. The van der Waals surface area contributed by atoms with Gasteiger partial charge in [-0.2, -0.15) is 18.2 Å². The van der Waals surface area contributed by atoms with Gasteiger partial charge in [-0.3, -0.25) is 9.59 Å². The topological polar surface area (TPSA) is 97.1 Å². The first-order valence-corrected chi connectivity index (χ1v) is 6.96. The van der Waals surface area contributed by atoms with Crippen LogP contribution in [0.25, 0.3) is 11.4 Å². The van der Waals surface area contributed by atoms with Gasteiger partial charge in [0.15, 0.2) is 0 Å². The highest BCUT2D eigenvalue weighted by Gasteiger charge is 2.38. The average Bonchev–Trinajstić information content (AvgIpc) is 3.18. The summed E-state index contributed by atoms with van der Waals surface area (Å²) in [5.74, 6) is -3.21. The van der Waals surface area contributed by atoms with Crippen LogP contribution in [0.5, 0.6) is 0 Å². The first kappa shape index (κ1) is 16.0. The molecule has 2 aromatic rings. The third kappa shape index (κ3) is 3.70. The highest BCUT2D eigenvalue weighted by molar-refractivity contribution is 6.39. The van der Waals surface area contributed by atoms with Gasteiger partial charge in [-0.1, -0.05) is 5.16 Å². The van der Waals surface area contributed by atoms with Crippen LogP contribution in [-0.2, 0) is 15.8 Å². The minimum Gasteiger partial charge on any atom is -0.345 e. The van der Waals surface area contributed by atoms with E-state index in [-0.39, 0.29) is 17.4 Å². The quantitative estimate of drug-likeness (QED) is 0.833. The van der Waals surface area contributed by atoms with Crippen LogP contribution in [0.2, 0.25) is 0 Å². The van der Waals surface area contributed by atoms with Gasteiger partial charge in [0.1, 0.15) is 0 Å². The Hall–Kier alpha value is -2.91. The summed E-state index contributed by atoms with van der Waals surface area (Å²) in [5, 5.41) is 8.18. The van der Waals surface area contributed by atoms with Gasteiger partial charge in [-0.15, -0.1) is 0 Å². The predicted octanol–water partition coefficient (Wildman–Crippen LogP) is 1.97. The standard InChI is InChI=1S/C14H11F3N4O3/c15-14(16,17)13-20-10(21-24-13)7-1-3-8(4-2-7)18-11(22)12(23)19-9-5-6-9/h1-4,9H,5-6H2,(H,18,22)(H,19,23). The van der Waals surface area contributed by atoms with E-state index in [0.29, 0.717) is 5.69 Å². The van der Waals surface area contributed by atoms with Crippen molar-refractivity contribution in [3.63, 3.8) is 0 Å². The Balaban J connectivity index is 1.65. The van der Waals surface area contributed by atoms with Gasteiger partial charge in [0, 0.05) is 17.3 Å². The van der Waals surface area contributed by atoms with E-state index in [9.17, 15) is 22.8 Å². The Morgan fingerprint density at radius 1 is 1.12 bits per heavy atom. The zero-order chi connectivity index (χ0) is 17.3. The van der Waals surface area contributed by atoms with Crippen molar-refractivity contribution in [2.75, 3.05) is 5.32 Å². The fraction of sp³-hybridized carbons (Fsp3) is 0.286. The molecule has 126 valence electrons. The summed E-state index contributed by atoms with van der Waals surface area (Å²) in [5.41, 5.74) is 0.587. The van der Waals surface area contributed by atoms with Crippen LogP contribution in [-0.4, -0.2) is 28.0 Å². The number of halogens is 3. The zero-order valence-corrected chi connectivity index (χ0v) is 12.1. The number of benzene rings is 1. The van der Waals surface area contributed by atoms with E-state index in [1.807, 2.05) is 0 Å². The number of rotatable bonds is 3. The van der Waals surface area contributed by atoms with Gasteiger partial charge in [-0.05, 0) is 37.1 Å². The number of aromatic nitrogens is 2. The van der Waals surface area contributed by atoms with Gasteiger partial charge >= 0.3 is 23.9 Å². The Morgan fingerprint density at radius 3 is 2.33 bits per heavy atom. The van der Waals surface area contributed by atoms with E-state index in [4.69, 9.17) is 0 Å². The molecule has 7 nitrogen and oxygen atoms in total. The van der Waals surface area contributed by atoms with Crippen molar-refractivity contribution < 1.29 is 27.3 Å². The van der Waals surface area contributed by atoms with Gasteiger partial charge in [0.2, 0.25) is 5.82 Å². The maximum Gasteiger partial charge on any atom is 0.471 e. The lowest BCUT2D eigenvalue weighted by Crippen LogP contribution is -2.36. The lowest BCUT2D eigenvalue weighted by Gasteiger charge is -2.05. The first-order chi connectivity index (χ1) is 11.3. The fourth-order valence-electron chi connectivity index (χ4n) is 1.82. The molecule has 1 aliphatic carbocycles. The highest BCUT2D eigenvalue weighted by Crippen LogP contribution is 2.29. The monoisotopic (exact) mass is 340 g/mol. The van der Waals surface area contributed by atoms with Crippen LogP contribution in [0, 0.1) is 0 Å². The van der Waals surface area contributed by atoms with Crippen LogP contribution in [0.1, 0.15) is 18.7 Å². The summed E-state index contributed by atoms with van der Waals surface area (Å²) < 4.78 is 41.4. The molecular formula is C14H11F3N4O3. The minimum atomic E-state index is -4.71.